The number of carbonyl (C=O) groups is 2. The lowest BCUT2D eigenvalue weighted by molar-refractivity contribution is -0.120. The third-order valence-electron chi connectivity index (χ3n) is 4.44. The summed E-state index contributed by atoms with van der Waals surface area (Å²) >= 11 is 0. The highest BCUT2D eigenvalue weighted by Crippen LogP contribution is 2.32. The molecule has 2 aliphatic carbocycles. The topological polar surface area (TPSA) is 34.1 Å². The molecule has 2 bridgehead atoms. The Balaban J connectivity index is 2.07. The minimum absolute atomic E-state index is 0.248. The highest BCUT2D eigenvalue weighted by Gasteiger charge is 2.27. The van der Waals surface area contributed by atoms with Crippen molar-refractivity contribution in [2.24, 2.45) is 5.92 Å². The molecular formula is C16H24O2. The summed E-state index contributed by atoms with van der Waals surface area (Å²) in [7, 11) is 0. The number of rotatable bonds is 0. The van der Waals surface area contributed by atoms with Crippen molar-refractivity contribution < 1.29 is 9.59 Å². The van der Waals surface area contributed by atoms with E-state index in [0.29, 0.717) is 18.0 Å². The van der Waals surface area contributed by atoms with Crippen molar-refractivity contribution in [3.05, 3.63) is 11.1 Å². The van der Waals surface area contributed by atoms with E-state index in [9.17, 15) is 9.59 Å². The number of hydrogen-bond acceptors (Lipinski definition) is 2. The first-order chi connectivity index (χ1) is 8.68. The van der Waals surface area contributed by atoms with Crippen LogP contribution in [0.25, 0.3) is 0 Å². The standard InChI is InChI=1S/C16H24O2/c1-12-10-11-13-6-2-3-7-14(17)8-4-5-9-15(12)16(13)18/h13H,2-11H2,1H3. The third-order valence-corrected chi connectivity index (χ3v) is 4.44. The van der Waals surface area contributed by atoms with E-state index in [-0.39, 0.29) is 5.92 Å². The van der Waals surface area contributed by atoms with Gasteiger partial charge in [0.15, 0.2) is 5.78 Å². The fourth-order valence-electron chi connectivity index (χ4n) is 3.20. The number of ketones is 2. The Hall–Kier alpha value is -0.920. The first kappa shape index (κ1) is 13.5. The van der Waals surface area contributed by atoms with Crippen molar-refractivity contribution in [2.75, 3.05) is 0 Å². The number of Topliss-reactive ketones (excluding diaryl/α,β-unsaturated/α-hetero) is 2. The van der Waals surface area contributed by atoms with Gasteiger partial charge in [0.1, 0.15) is 5.78 Å². The summed E-state index contributed by atoms with van der Waals surface area (Å²) in [6, 6.07) is 0. The Bertz CT molecular complexity index is 365. The average Bonchev–Trinajstić information content (AvgIpc) is 2.34. The van der Waals surface area contributed by atoms with Gasteiger partial charge in [0, 0.05) is 18.8 Å². The third kappa shape index (κ3) is 3.30. The number of hydrogen-bond donors (Lipinski definition) is 0. The van der Waals surface area contributed by atoms with Gasteiger partial charge in [-0.2, -0.15) is 0 Å². The second-order valence-electron chi connectivity index (χ2n) is 5.85. The minimum Gasteiger partial charge on any atom is -0.300 e. The second kappa shape index (κ2) is 6.31. The molecule has 0 heterocycles. The monoisotopic (exact) mass is 248 g/mol. The minimum atomic E-state index is 0.248. The van der Waals surface area contributed by atoms with Gasteiger partial charge in [0.2, 0.25) is 0 Å². The Kier molecular flexibility index (Phi) is 4.73. The van der Waals surface area contributed by atoms with E-state index in [1.807, 2.05) is 0 Å². The molecule has 18 heavy (non-hydrogen) atoms. The Morgan fingerprint density at radius 1 is 0.833 bits per heavy atom. The van der Waals surface area contributed by atoms with Crippen molar-refractivity contribution in [1.82, 2.24) is 0 Å². The summed E-state index contributed by atoms with van der Waals surface area (Å²) in [5.74, 6) is 1.08. The largest absolute Gasteiger partial charge is 0.300 e. The predicted octanol–water partition coefficient (Wildman–Crippen LogP) is 3.99. The summed E-state index contributed by atoms with van der Waals surface area (Å²) in [6.45, 7) is 2.11. The van der Waals surface area contributed by atoms with Crippen molar-refractivity contribution >= 4 is 11.6 Å². The van der Waals surface area contributed by atoms with Crippen molar-refractivity contribution in [3.63, 3.8) is 0 Å². The van der Waals surface area contributed by atoms with Crippen LogP contribution in [0.5, 0.6) is 0 Å². The maximum Gasteiger partial charge on any atom is 0.161 e. The molecule has 2 rings (SSSR count). The molecule has 0 aliphatic heterocycles. The van der Waals surface area contributed by atoms with Crippen LogP contribution in [0.4, 0.5) is 0 Å². The van der Waals surface area contributed by atoms with Crippen LogP contribution < -0.4 is 0 Å². The predicted molar refractivity (Wildman–Crippen MR) is 72.4 cm³/mol. The average molecular weight is 248 g/mol. The molecule has 2 heteroatoms. The molecular weight excluding hydrogens is 224 g/mol. The van der Waals surface area contributed by atoms with Crippen LogP contribution >= 0.6 is 0 Å². The molecule has 0 amide bonds. The highest BCUT2D eigenvalue weighted by atomic mass is 16.1. The number of fused-ring (bicyclic) bond motifs is 2. The van der Waals surface area contributed by atoms with Crippen molar-refractivity contribution in [2.45, 2.75) is 71.1 Å². The van der Waals surface area contributed by atoms with Crippen LogP contribution in [0.15, 0.2) is 11.1 Å². The lowest BCUT2D eigenvalue weighted by Gasteiger charge is -2.25. The maximum atomic E-state index is 12.4. The van der Waals surface area contributed by atoms with Gasteiger partial charge in [-0.25, -0.2) is 0 Å². The Morgan fingerprint density at radius 2 is 1.50 bits per heavy atom. The molecule has 2 nitrogen and oxygen atoms in total. The molecule has 1 unspecified atom stereocenters. The van der Waals surface area contributed by atoms with E-state index in [1.165, 1.54) is 5.57 Å². The zero-order valence-electron chi connectivity index (χ0n) is 11.5. The van der Waals surface area contributed by atoms with Crippen LogP contribution in [0.3, 0.4) is 0 Å². The normalized spacial score (nSPS) is 27.7. The van der Waals surface area contributed by atoms with Crippen LogP contribution in [0.1, 0.15) is 71.1 Å². The Labute approximate surface area is 110 Å². The van der Waals surface area contributed by atoms with Crippen LogP contribution in [-0.4, -0.2) is 11.6 Å². The SMILES string of the molecule is CC1=C2CCCCC(=O)CCCCC(CC1)C2=O. The molecule has 0 saturated heterocycles. The molecule has 0 radical (unpaired) electrons. The summed E-state index contributed by atoms with van der Waals surface area (Å²) in [6.07, 6.45) is 9.41. The molecule has 0 aromatic carbocycles. The Morgan fingerprint density at radius 3 is 2.28 bits per heavy atom. The van der Waals surface area contributed by atoms with Gasteiger partial charge in [0.25, 0.3) is 0 Å². The van der Waals surface area contributed by atoms with Gasteiger partial charge in [-0.15, -0.1) is 0 Å². The maximum absolute atomic E-state index is 12.4. The van der Waals surface area contributed by atoms with Gasteiger partial charge >= 0.3 is 0 Å². The summed E-state index contributed by atoms with van der Waals surface area (Å²) in [5, 5.41) is 0. The smallest absolute Gasteiger partial charge is 0.161 e. The number of allylic oxidation sites excluding steroid dienone is 2. The van der Waals surface area contributed by atoms with E-state index in [4.69, 9.17) is 0 Å². The molecule has 2 aliphatic rings. The second-order valence-corrected chi connectivity index (χ2v) is 5.85. The summed E-state index contributed by atoms with van der Waals surface area (Å²) in [4.78, 5) is 24.0. The van der Waals surface area contributed by atoms with Crippen LogP contribution in [-0.2, 0) is 9.59 Å². The molecule has 100 valence electrons. The molecule has 1 saturated carbocycles. The molecule has 1 fully saturated rings. The van der Waals surface area contributed by atoms with Gasteiger partial charge in [-0.05, 0) is 57.4 Å². The van der Waals surface area contributed by atoms with E-state index in [0.717, 1.165) is 63.4 Å². The van der Waals surface area contributed by atoms with Gasteiger partial charge in [-0.3, -0.25) is 9.59 Å². The summed E-state index contributed by atoms with van der Waals surface area (Å²) in [5.41, 5.74) is 2.40. The highest BCUT2D eigenvalue weighted by molar-refractivity contribution is 5.98. The lowest BCUT2D eigenvalue weighted by Crippen LogP contribution is -2.23. The first-order valence-corrected chi connectivity index (χ1v) is 7.43. The molecule has 1 atom stereocenters. The van der Waals surface area contributed by atoms with Crippen LogP contribution in [0, 0.1) is 5.92 Å². The zero-order chi connectivity index (χ0) is 13.0. The zero-order valence-corrected chi connectivity index (χ0v) is 11.5. The van der Waals surface area contributed by atoms with Gasteiger partial charge in [0.05, 0.1) is 0 Å². The number of carbonyl (C=O) groups excluding carboxylic acids is 2. The summed E-state index contributed by atoms with van der Waals surface area (Å²) < 4.78 is 0. The van der Waals surface area contributed by atoms with Gasteiger partial charge in [-0.1, -0.05) is 12.0 Å². The van der Waals surface area contributed by atoms with Crippen molar-refractivity contribution in [1.29, 1.82) is 0 Å². The van der Waals surface area contributed by atoms with E-state index < -0.39 is 0 Å². The molecule has 0 aromatic heterocycles. The molecule has 0 spiro atoms. The first-order valence-electron chi connectivity index (χ1n) is 7.43. The fraction of sp³-hybridized carbons (Fsp3) is 0.750. The van der Waals surface area contributed by atoms with Crippen LogP contribution in [0.2, 0.25) is 0 Å². The lowest BCUT2D eigenvalue weighted by atomic mass is 9.78. The van der Waals surface area contributed by atoms with E-state index >= 15 is 0 Å². The van der Waals surface area contributed by atoms with Gasteiger partial charge < -0.3 is 0 Å². The van der Waals surface area contributed by atoms with E-state index in [1.54, 1.807) is 0 Å². The van der Waals surface area contributed by atoms with E-state index in [2.05, 4.69) is 6.92 Å². The fourth-order valence-corrected chi connectivity index (χ4v) is 3.20. The molecule has 0 N–H and O–H groups in total. The quantitative estimate of drug-likeness (QED) is 0.649. The van der Waals surface area contributed by atoms with Crippen molar-refractivity contribution in [3.8, 4) is 0 Å². The molecule has 0 aromatic rings.